The largest absolute Gasteiger partial charge is 0.328 e. The van der Waals surface area contributed by atoms with Crippen molar-refractivity contribution in [3.63, 3.8) is 0 Å². The monoisotopic (exact) mass is 402 g/mol. The molecule has 3 rings (SSSR count). The van der Waals surface area contributed by atoms with Gasteiger partial charge in [-0.2, -0.15) is 0 Å². The van der Waals surface area contributed by atoms with Crippen LogP contribution in [0.25, 0.3) is 10.9 Å². The highest BCUT2D eigenvalue weighted by molar-refractivity contribution is 7.92. The maximum atomic E-state index is 12.5. The third kappa shape index (κ3) is 4.12. The van der Waals surface area contributed by atoms with Crippen LogP contribution in [0.15, 0.2) is 52.1 Å². The number of H-pyrrole nitrogens is 1. The fourth-order valence-electron chi connectivity index (χ4n) is 2.72. The molecule has 146 valence electrons. The van der Waals surface area contributed by atoms with E-state index >= 15 is 0 Å². The average molecular weight is 402 g/mol. The highest BCUT2D eigenvalue weighted by atomic mass is 32.2. The summed E-state index contributed by atoms with van der Waals surface area (Å²) in [6.07, 6.45) is 1.04. The lowest BCUT2D eigenvalue weighted by Crippen LogP contribution is -2.34. The molecule has 0 saturated carbocycles. The highest BCUT2D eigenvalue weighted by Gasteiger charge is 2.11. The van der Waals surface area contributed by atoms with E-state index in [1.165, 1.54) is 30.3 Å². The molecule has 0 aliphatic heterocycles. The Morgan fingerprint density at radius 1 is 1.07 bits per heavy atom. The van der Waals surface area contributed by atoms with Crippen molar-refractivity contribution < 1.29 is 13.2 Å². The summed E-state index contributed by atoms with van der Waals surface area (Å²) in [7, 11) is -3.38. The number of carbonyl (C=O) groups excluding carboxylic acids is 1. The van der Waals surface area contributed by atoms with Gasteiger partial charge in [0.25, 0.3) is 11.5 Å². The van der Waals surface area contributed by atoms with Crippen molar-refractivity contribution in [1.82, 2.24) is 9.55 Å². The third-order valence-electron chi connectivity index (χ3n) is 4.01. The fraction of sp³-hybridized carbons (Fsp3) is 0.167. The molecule has 10 heteroatoms. The lowest BCUT2D eigenvalue weighted by Gasteiger charge is -2.09. The molecule has 2 aromatic carbocycles. The zero-order valence-electron chi connectivity index (χ0n) is 15.1. The van der Waals surface area contributed by atoms with Crippen LogP contribution in [0, 0.1) is 0 Å². The summed E-state index contributed by atoms with van der Waals surface area (Å²) >= 11 is 0. The molecule has 0 aliphatic carbocycles. The number of nitrogens with zero attached hydrogens (tertiary/aromatic N) is 1. The number of rotatable bonds is 5. The smallest absolute Gasteiger partial charge is 0.322 e. The van der Waals surface area contributed by atoms with Crippen molar-refractivity contribution in [2.45, 2.75) is 13.5 Å². The summed E-state index contributed by atoms with van der Waals surface area (Å²) in [5.74, 6) is -0.439. The van der Waals surface area contributed by atoms with Gasteiger partial charge in [-0.1, -0.05) is 0 Å². The molecule has 0 fully saturated rings. The molecule has 0 atom stereocenters. The Morgan fingerprint density at radius 2 is 1.71 bits per heavy atom. The van der Waals surface area contributed by atoms with Crippen LogP contribution in [-0.2, 0) is 16.6 Å². The third-order valence-corrected chi connectivity index (χ3v) is 4.61. The summed E-state index contributed by atoms with van der Waals surface area (Å²) in [6.45, 7) is 1.94. The summed E-state index contributed by atoms with van der Waals surface area (Å²) in [6, 6.07) is 10.6. The quantitative estimate of drug-likeness (QED) is 0.593. The first-order valence-corrected chi connectivity index (χ1v) is 10.2. The van der Waals surface area contributed by atoms with Crippen LogP contribution >= 0.6 is 0 Å². The molecule has 3 aromatic rings. The van der Waals surface area contributed by atoms with Gasteiger partial charge < -0.3 is 10.3 Å². The van der Waals surface area contributed by atoms with Gasteiger partial charge in [-0.05, 0) is 49.4 Å². The number of amides is 1. The molecule has 0 aliphatic rings. The molecule has 9 nitrogen and oxygen atoms in total. The predicted octanol–water partition coefficient (Wildman–Crippen LogP) is 1.33. The first-order valence-electron chi connectivity index (χ1n) is 8.34. The van der Waals surface area contributed by atoms with Crippen LogP contribution in [0.4, 0.5) is 11.4 Å². The van der Waals surface area contributed by atoms with Gasteiger partial charge in [0, 0.05) is 23.5 Å². The second kappa shape index (κ2) is 7.31. The van der Waals surface area contributed by atoms with E-state index in [2.05, 4.69) is 15.0 Å². The maximum Gasteiger partial charge on any atom is 0.328 e. The lowest BCUT2D eigenvalue weighted by molar-refractivity contribution is 0.102. The molecule has 3 N–H and O–H groups in total. The molecule has 1 aromatic heterocycles. The second-order valence-corrected chi connectivity index (χ2v) is 7.89. The van der Waals surface area contributed by atoms with E-state index in [4.69, 9.17) is 0 Å². The van der Waals surface area contributed by atoms with Crippen molar-refractivity contribution >= 4 is 38.2 Å². The molecule has 1 heterocycles. The molecule has 0 radical (unpaired) electrons. The summed E-state index contributed by atoms with van der Waals surface area (Å²) in [5, 5.41) is 2.99. The Balaban J connectivity index is 1.85. The number of aromatic nitrogens is 2. The van der Waals surface area contributed by atoms with Crippen LogP contribution in [0.5, 0.6) is 0 Å². The average Bonchev–Trinajstić information content (AvgIpc) is 2.62. The molecule has 28 heavy (non-hydrogen) atoms. The van der Waals surface area contributed by atoms with Crippen molar-refractivity contribution in [1.29, 1.82) is 0 Å². The first-order chi connectivity index (χ1) is 13.2. The molecular weight excluding hydrogens is 384 g/mol. The first kappa shape index (κ1) is 19.4. The Hall–Kier alpha value is -3.40. The lowest BCUT2D eigenvalue weighted by atomic mass is 10.1. The summed E-state index contributed by atoms with van der Waals surface area (Å²) in [5.41, 5.74) is 0.416. The number of benzene rings is 2. The number of anilines is 2. The topological polar surface area (TPSA) is 130 Å². The Kier molecular flexibility index (Phi) is 5.06. The molecule has 0 spiro atoms. The number of nitrogens with one attached hydrogen (secondary N) is 3. The number of hydrogen-bond acceptors (Lipinski definition) is 5. The standard InChI is InChI=1S/C18H18N4O5S/c1-3-22-17(24)14-9-4-11(10-15(14)20-18(22)25)16(23)19-12-5-7-13(8-6-12)21-28(2,26)27/h4-10,21H,3H2,1-2H3,(H,19,23)(H,20,25). The highest BCUT2D eigenvalue weighted by Crippen LogP contribution is 2.16. The zero-order valence-corrected chi connectivity index (χ0v) is 16.0. The zero-order chi connectivity index (χ0) is 20.5. The molecule has 0 unspecified atom stereocenters. The minimum absolute atomic E-state index is 0.247. The van der Waals surface area contributed by atoms with Crippen molar-refractivity contribution in [3.05, 3.63) is 68.9 Å². The Labute approximate surface area is 160 Å². The fourth-order valence-corrected chi connectivity index (χ4v) is 3.29. The summed E-state index contributed by atoms with van der Waals surface area (Å²) < 4.78 is 25.8. The van der Waals surface area contributed by atoms with Gasteiger partial charge in [0.05, 0.1) is 17.2 Å². The van der Waals surface area contributed by atoms with E-state index in [-0.39, 0.29) is 17.6 Å². The van der Waals surface area contributed by atoms with Crippen LogP contribution in [-0.4, -0.2) is 30.1 Å². The van der Waals surface area contributed by atoms with Gasteiger partial charge in [0.1, 0.15) is 0 Å². The van der Waals surface area contributed by atoms with Crippen LogP contribution < -0.4 is 21.3 Å². The van der Waals surface area contributed by atoms with Crippen LogP contribution in [0.3, 0.4) is 0 Å². The van der Waals surface area contributed by atoms with Gasteiger partial charge in [-0.15, -0.1) is 0 Å². The van der Waals surface area contributed by atoms with E-state index in [0.29, 0.717) is 16.8 Å². The van der Waals surface area contributed by atoms with E-state index in [9.17, 15) is 22.8 Å². The maximum absolute atomic E-state index is 12.5. The number of carbonyl (C=O) groups is 1. The van der Waals surface area contributed by atoms with Gasteiger partial charge >= 0.3 is 5.69 Å². The van der Waals surface area contributed by atoms with E-state index in [0.717, 1.165) is 10.8 Å². The number of sulfonamides is 1. The summed E-state index contributed by atoms with van der Waals surface area (Å²) in [4.78, 5) is 39.3. The number of aromatic amines is 1. The van der Waals surface area contributed by atoms with Crippen molar-refractivity contribution in [2.24, 2.45) is 0 Å². The SMILES string of the molecule is CCn1c(=O)[nH]c2cc(C(=O)Nc3ccc(NS(C)(=O)=O)cc3)ccc2c1=O. The van der Waals surface area contributed by atoms with Gasteiger partial charge in [-0.25, -0.2) is 13.2 Å². The molecule has 0 saturated heterocycles. The molecular formula is C18H18N4O5S. The van der Waals surface area contributed by atoms with Gasteiger partial charge in [0.15, 0.2) is 0 Å². The minimum Gasteiger partial charge on any atom is -0.322 e. The van der Waals surface area contributed by atoms with Crippen molar-refractivity contribution in [3.8, 4) is 0 Å². The van der Waals surface area contributed by atoms with E-state index < -0.39 is 27.2 Å². The van der Waals surface area contributed by atoms with Gasteiger partial charge in [0.2, 0.25) is 10.0 Å². The van der Waals surface area contributed by atoms with Crippen LogP contribution in [0.1, 0.15) is 17.3 Å². The second-order valence-electron chi connectivity index (χ2n) is 6.15. The van der Waals surface area contributed by atoms with E-state index in [1.807, 2.05) is 0 Å². The normalized spacial score (nSPS) is 11.4. The Morgan fingerprint density at radius 3 is 2.32 bits per heavy atom. The predicted molar refractivity (Wildman–Crippen MR) is 107 cm³/mol. The molecule has 1 amide bonds. The molecule has 0 bridgehead atoms. The van der Waals surface area contributed by atoms with E-state index in [1.54, 1.807) is 19.1 Å². The number of fused-ring (bicyclic) bond motifs is 1. The van der Waals surface area contributed by atoms with Crippen molar-refractivity contribution in [2.75, 3.05) is 16.3 Å². The number of hydrogen-bond donors (Lipinski definition) is 3. The Bertz CT molecular complexity index is 1270. The van der Waals surface area contributed by atoms with Crippen LogP contribution in [0.2, 0.25) is 0 Å². The van der Waals surface area contributed by atoms with Gasteiger partial charge in [-0.3, -0.25) is 18.9 Å². The minimum atomic E-state index is -3.38.